The van der Waals surface area contributed by atoms with Gasteiger partial charge in [0, 0.05) is 41.3 Å². The molecule has 2 heterocycles. The molecule has 1 amide bonds. The molecular weight excluding hydrogens is 537 g/mol. The number of methoxy groups -OCH3 is 1. The molecule has 0 saturated heterocycles. The number of aromatic amines is 1. The lowest BCUT2D eigenvalue weighted by molar-refractivity contribution is 0.168. The molecule has 0 bridgehead atoms. The molecule has 3 aromatic rings. The number of carbonyl (C=O) groups excluding carboxylic acids is 1. The summed E-state index contributed by atoms with van der Waals surface area (Å²) in [5.41, 5.74) is 0.329. The van der Waals surface area contributed by atoms with Crippen LogP contribution in [-0.2, 0) is 20.2 Å². The molecule has 3 rings (SSSR count). The molecule has 38 heavy (non-hydrogen) atoms. The number of benzene rings is 1. The number of hydrogen-bond donors (Lipinski definition) is 4. The highest BCUT2D eigenvalue weighted by Crippen LogP contribution is 2.37. The summed E-state index contributed by atoms with van der Waals surface area (Å²) in [6.45, 7) is 9.53. The van der Waals surface area contributed by atoms with Crippen molar-refractivity contribution in [2.45, 2.75) is 51.0 Å². The molecule has 14 heteroatoms. The van der Waals surface area contributed by atoms with Gasteiger partial charge in [-0.3, -0.25) is 0 Å². The summed E-state index contributed by atoms with van der Waals surface area (Å²) in [5, 5.41) is 5.69. The highest BCUT2D eigenvalue weighted by atomic mass is 35.5. The van der Waals surface area contributed by atoms with Crippen LogP contribution in [0.1, 0.15) is 40.4 Å². The fourth-order valence-electron chi connectivity index (χ4n) is 3.45. The summed E-state index contributed by atoms with van der Waals surface area (Å²) in [4.78, 5) is 27.4. The maximum absolute atomic E-state index is 15.8. The molecule has 0 aliphatic heterocycles. The number of imidazole rings is 1. The number of anilines is 1. The molecule has 0 fully saturated rings. The number of amides is 1. The van der Waals surface area contributed by atoms with Crippen molar-refractivity contribution in [2.75, 3.05) is 25.5 Å². The van der Waals surface area contributed by atoms with E-state index in [0.717, 1.165) is 6.07 Å². The van der Waals surface area contributed by atoms with Crippen molar-refractivity contribution in [2.24, 2.45) is 0 Å². The van der Waals surface area contributed by atoms with Crippen molar-refractivity contribution in [3.63, 3.8) is 0 Å². The van der Waals surface area contributed by atoms with Crippen molar-refractivity contribution < 1.29 is 22.3 Å². The van der Waals surface area contributed by atoms with Crippen molar-refractivity contribution in [1.29, 1.82) is 0 Å². The van der Waals surface area contributed by atoms with E-state index in [0.29, 0.717) is 23.8 Å². The van der Waals surface area contributed by atoms with E-state index in [-0.39, 0.29) is 34.8 Å². The zero-order chi connectivity index (χ0) is 28.3. The minimum atomic E-state index is -4.15. The van der Waals surface area contributed by atoms with Crippen molar-refractivity contribution in [1.82, 2.24) is 30.0 Å². The van der Waals surface area contributed by atoms with E-state index in [1.807, 2.05) is 20.8 Å². The van der Waals surface area contributed by atoms with E-state index in [9.17, 15) is 13.2 Å². The number of nitrogens with zero attached hydrogens (tertiary/aromatic N) is 3. The quantitative estimate of drug-likeness (QED) is 0.302. The fourth-order valence-corrected chi connectivity index (χ4v) is 4.89. The third kappa shape index (κ3) is 6.77. The number of nitrogens with one attached hydrogen (secondary N) is 4. The number of carbonyl (C=O) groups is 1. The Bertz CT molecular complexity index is 1420. The van der Waals surface area contributed by atoms with Crippen LogP contribution in [-0.4, -0.2) is 60.7 Å². The van der Waals surface area contributed by atoms with E-state index in [2.05, 4.69) is 40.0 Å². The highest BCUT2D eigenvalue weighted by molar-refractivity contribution is 7.89. The first-order valence-electron chi connectivity index (χ1n) is 11.8. The number of ether oxygens (including phenoxy) is 1. The van der Waals surface area contributed by atoms with Crippen molar-refractivity contribution in [3.05, 3.63) is 41.1 Å². The molecule has 0 radical (unpaired) electrons. The van der Waals surface area contributed by atoms with Crippen LogP contribution in [0.25, 0.3) is 22.6 Å². The topological polar surface area (TPSA) is 151 Å². The number of hydrogen-bond acceptors (Lipinski definition) is 8. The van der Waals surface area contributed by atoms with E-state index in [4.69, 9.17) is 11.6 Å². The minimum Gasteiger partial charge on any atom is -0.453 e. The van der Waals surface area contributed by atoms with Gasteiger partial charge in [0.05, 0.1) is 18.5 Å². The smallest absolute Gasteiger partial charge is 0.407 e. The Morgan fingerprint density at radius 3 is 2.61 bits per heavy atom. The van der Waals surface area contributed by atoms with Crippen LogP contribution < -0.4 is 15.4 Å². The van der Waals surface area contributed by atoms with Crippen LogP contribution in [0.3, 0.4) is 0 Å². The summed E-state index contributed by atoms with van der Waals surface area (Å²) in [6.07, 6.45) is 0.949. The zero-order valence-electron chi connectivity index (χ0n) is 21.9. The van der Waals surface area contributed by atoms with Gasteiger partial charge in [0.1, 0.15) is 16.4 Å². The number of rotatable bonds is 9. The monoisotopic (exact) mass is 567 g/mol. The minimum absolute atomic E-state index is 0.0290. The van der Waals surface area contributed by atoms with Crippen LogP contribution in [0.15, 0.2) is 29.3 Å². The predicted octanol–water partition coefficient (Wildman–Crippen LogP) is 4.08. The molecule has 0 saturated carbocycles. The van der Waals surface area contributed by atoms with Gasteiger partial charge in [-0.1, -0.05) is 39.3 Å². The van der Waals surface area contributed by atoms with Crippen LogP contribution in [0, 0.1) is 5.82 Å². The van der Waals surface area contributed by atoms with Crippen LogP contribution in [0.4, 0.5) is 15.1 Å². The second-order valence-electron chi connectivity index (χ2n) is 9.51. The van der Waals surface area contributed by atoms with Gasteiger partial charge >= 0.3 is 6.09 Å². The van der Waals surface area contributed by atoms with Crippen molar-refractivity contribution in [3.8, 4) is 22.6 Å². The summed E-state index contributed by atoms with van der Waals surface area (Å²) in [6, 6.07) is 3.71. The van der Waals surface area contributed by atoms with Gasteiger partial charge in [-0.05, 0) is 25.1 Å². The second-order valence-corrected chi connectivity index (χ2v) is 11.7. The molecule has 0 unspecified atom stereocenters. The first-order chi connectivity index (χ1) is 17.8. The lowest BCUT2D eigenvalue weighted by Gasteiger charge is -2.14. The average molecular weight is 568 g/mol. The van der Waals surface area contributed by atoms with Gasteiger partial charge in [0.25, 0.3) is 0 Å². The van der Waals surface area contributed by atoms with E-state index < -0.39 is 32.2 Å². The fraction of sp³-hybridized carbons (Fsp3) is 0.417. The highest BCUT2D eigenvalue weighted by Gasteiger charge is 2.28. The Labute approximate surface area is 226 Å². The van der Waals surface area contributed by atoms with Gasteiger partial charge < -0.3 is 20.4 Å². The number of halogens is 2. The largest absolute Gasteiger partial charge is 0.453 e. The van der Waals surface area contributed by atoms with Crippen molar-refractivity contribution >= 4 is 33.7 Å². The van der Waals surface area contributed by atoms with Gasteiger partial charge in [-0.15, -0.1) is 0 Å². The van der Waals surface area contributed by atoms with Gasteiger partial charge in [-0.2, -0.15) is 0 Å². The normalized spacial score (nSPS) is 12.7. The Morgan fingerprint density at radius 2 is 1.97 bits per heavy atom. The molecule has 0 aliphatic rings. The molecule has 1 atom stereocenters. The Morgan fingerprint density at radius 1 is 1.26 bits per heavy atom. The molecule has 206 valence electrons. The Kier molecular flexibility index (Phi) is 8.95. The number of H-pyrrole nitrogens is 1. The van der Waals surface area contributed by atoms with Crippen LogP contribution in [0.5, 0.6) is 0 Å². The number of sulfonamides is 1. The molecule has 11 nitrogen and oxygen atoms in total. The summed E-state index contributed by atoms with van der Waals surface area (Å²) >= 11 is 6.24. The molecular formula is C24H31ClFN7O4S. The Balaban J connectivity index is 2.10. The summed E-state index contributed by atoms with van der Waals surface area (Å²) in [7, 11) is -2.87. The van der Waals surface area contributed by atoms with Crippen LogP contribution >= 0.6 is 11.6 Å². The van der Waals surface area contributed by atoms with E-state index >= 15 is 4.39 Å². The zero-order valence-corrected chi connectivity index (χ0v) is 23.5. The third-order valence-electron chi connectivity index (χ3n) is 5.32. The Hall–Kier alpha value is -3.29. The van der Waals surface area contributed by atoms with Crippen LogP contribution in [0.2, 0.25) is 5.02 Å². The maximum atomic E-state index is 15.8. The molecule has 4 N–H and O–H groups in total. The molecule has 2 aromatic heterocycles. The second kappa shape index (κ2) is 11.6. The van der Waals surface area contributed by atoms with Gasteiger partial charge in [0.15, 0.2) is 5.82 Å². The van der Waals surface area contributed by atoms with E-state index in [1.54, 1.807) is 19.9 Å². The predicted molar refractivity (Wildman–Crippen MR) is 143 cm³/mol. The first kappa shape index (κ1) is 29.3. The van der Waals surface area contributed by atoms with E-state index in [1.165, 1.54) is 19.4 Å². The number of alkyl carbamates (subject to hydrolysis) is 1. The lowest BCUT2D eigenvalue weighted by atomic mass is 9.96. The summed E-state index contributed by atoms with van der Waals surface area (Å²) in [5.74, 6) is -0.207. The average Bonchev–Trinajstić information content (AvgIpc) is 3.30. The number of aromatic nitrogens is 4. The SMILES string of the molecule is CCNS(=O)(=O)c1cc(Cl)cc(-c2nc(C(C)(C)C)[nH]c2-c2ccnc(NC[C@H](C)NC(=O)OC)n2)c1F. The molecule has 0 aliphatic carbocycles. The maximum Gasteiger partial charge on any atom is 0.407 e. The molecule has 0 spiro atoms. The lowest BCUT2D eigenvalue weighted by Crippen LogP contribution is -2.37. The van der Waals surface area contributed by atoms with Gasteiger partial charge in [-0.25, -0.2) is 37.3 Å². The third-order valence-corrected chi connectivity index (χ3v) is 7.09. The first-order valence-corrected chi connectivity index (χ1v) is 13.6. The summed E-state index contributed by atoms with van der Waals surface area (Å²) < 4.78 is 48.0. The standard InChI is InChI=1S/C24H31ClFN7O4S/c1-7-29-38(35,36)17-11-14(25)10-15(18(17)26)19-20(33-21(32-19)24(3,4)5)16-8-9-27-22(31-16)28-12-13(2)30-23(34)37-6/h8-11,13,29H,7,12H2,1-6H3,(H,30,34)(H,32,33)(H,27,28,31)/t13-/m0/s1. The van der Waals surface area contributed by atoms with Gasteiger partial charge in [0.2, 0.25) is 16.0 Å². The molecule has 1 aromatic carbocycles.